The molecule has 0 amide bonds. The highest BCUT2D eigenvalue weighted by Gasteiger charge is 2.52. The highest BCUT2D eigenvalue weighted by molar-refractivity contribution is 7.26. The standard InChI is InChI=1S/C61H40N2S/c1-4-17-41(18-5-1)42-31-33-45(34-32-42)63(57-28-16-30-59-60(57)52-25-12-15-29-58(52)64-59)47-36-38-51-49-24-11-14-27-54(49)61(56(51)40-47)53-26-13-10-23-48(53)50-37-35-46(39-55(50)61)62(43-19-6-2-7-20-43)44-21-8-3-9-22-44/h1-40H. The summed E-state index contributed by atoms with van der Waals surface area (Å²) < 4.78 is 2.57. The van der Waals surface area contributed by atoms with Crippen LogP contribution in [-0.2, 0) is 5.41 Å². The van der Waals surface area contributed by atoms with Crippen LogP contribution in [0.4, 0.5) is 34.1 Å². The Hall–Kier alpha value is -7.98. The summed E-state index contributed by atoms with van der Waals surface area (Å²) in [6.07, 6.45) is 0. The topological polar surface area (TPSA) is 6.48 Å². The second-order valence-electron chi connectivity index (χ2n) is 16.8. The minimum absolute atomic E-state index is 0.563. The first kappa shape index (κ1) is 36.7. The largest absolute Gasteiger partial charge is 0.310 e. The van der Waals surface area contributed by atoms with E-state index in [-0.39, 0.29) is 0 Å². The first-order valence-electron chi connectivity index (χ1n) is 22.0. The quantitative estimate of drug-likeness (QED) is 0.158. The molecule has 0 N–H and O–H groups in total. The van der Waals surface area contributed by atoms with E-state index < -0.39 is 5.41 Å². The van der Waals surface area contributed by atoms with E-state index in [4.69, 9.17) is 0 Å². The van der Waals surface area contributed by atoms with Gasteiger partial charge < -0.3 is 9.80 Å². The van der Waals surface area contributed by atoms with Crippen molar-refractivity contribution in [1.29, 1.82) is 0 Å². The van der Waals surface area contributed by atoms with Crippen LogP contribution in [0.1, 0.15) is 22.3 Å². The number of thiophene rings is 1. The van der Waals surface area contributed by atoms with Gasteiger partial charge in [-0.25, -0.2) is 0 Å². The molecule has 1 unspecified atom stereocenters. The van der Waals surface area contributed by atoms with Gasteiger partial charge in [0.2, 0.25) is 0 Å². The monoisotopic (exact) mass is 832 g/mol. The lowest BCUT2D eigenvalue weighted by molar-refractivity contribution is 0.793. The van der Waals surface area contributed by atoms with Crippen LogP contribution in [0.15, 0.2) is 243 Å². The maximum absolute atomic E-state index is 2.51. The average molecular weight is 833 g/mol. The van der Waals surface area contributed by atoms with Crippen molar-refractivity contribution < 1.29 is 0 Å². The van der Waals surface area contributed by atoms with E-state index in [1.165, 1.54) is 81.5 Å². The van der Waals surface area contributed by atoms with Crippen molar-refractivity contribution >= 4 is 65.6 Å². The van der Waals surface area contributed by atoms with Crippen molar-refractivity contribution in [1.82, 2.24) is 0 Å². The molecule has 10 aromatic carbocycles. The highest BCUT2D eigenvalue weighted by Crippen LogP contribution is 2.64. The Labute approximate surface area is 377 Å². The van der Waals surface area contributed by atoms with Gasteiger partial charge in [0.15, 0.2) is 0 Å². The van der Waals surface area contributed by atoms with E-state index in [9.17, 15) is 0 Å². The zero-order valence-electron chi connectivity index (χ0n) is 34.9. The number of benzene rings is 10. The smallest absolute Gasteiger partial charge is 0.0727 e. The highest BCUT2D eigenvalue weighted by atomic mass is 32.1. The number of hydrogen-bond donors (Lipinski definition) is 0. The molecule has 2 aliphatic rings. The second-order valence-corrected chi connectivity index (χ2v) is 17.9. The van der Waals surface area contributed by atoms with Gasteiger partial charge in [0.1, 0.15) is 0 Å². The molecule has 64 heavy (non-hydrogen) atoms. The number of nitrogens with zero attached hydrogens (tertiary/aromatic N) is 2. The van der Waals surface area contributed by atoms with E-state index >= 15 is 0 Å². The summed E-state index contributed by atoms with van der Waals surface area (Å²) in [4.78, 5) is 4.89. The molecule has 2 nitrogen and oxygen atoms in total. The molecule has 0 saturated carbocycles. The zero-order valence-corrected chi connectivity index (χ0v) is 35.7. The fraction of sp³-hybridized carbons (Fsp3) is 0.0164. The molecule has 3 heteroatoms. The van der Waals surface area contributed by atoms with E-state index in [0.29, 0.717) is 0 Å². The van der Waals surface area contributed by atoms with E-state index in [2.05, 4.69) is 252 Å². The van der Waals surface area contributed by atoms with Crippen molar-refractivity contribution in [2.24, 2.45) is 0 Å². The summed E-state index contributed by atoms with van der Waals surface area (Å²) in [5.74, 6) is 0. The molecule has 1 atom stereocenters. The molecule has 0 fully saturated rings. The van der Waals surface area contributed by atoms with Crippen molar-refractivity contribution in [3.8, 4) is 33.4 Å². The SMILES string of the molecule is c1ccc(-c2ccc(N(c3ccc4c(c3)C3(c5ccccc5-c5ccc(N(c6ccccc6)c6ccccc6)cc53)c3ccccc3-4)c3cccc4sc5ccccc5c34)cc2)cc1. The molecule has 0 radical (unpaired) electrons. The number of rotatable bonds is 7. The molecule has 1 aromatic heterocycles. The first-order valence-corrected chi connectivity index (χ1v) is 22.8. The van der Waals surface area contributed by atoms with Crippen molar-refractivity contribution in [3.05, 3.63) is 265 Å². The van der Waals surface area contributed by atoms with Crippen LogP contribution in [0, 0.1) is 0 Å². The maximum atomic E-state index is 2.51. The van der Waals surface area contributed by atoms with Gasteiger partial charge in [-0.15, -0.1) is 11.3 Å². The van der Waals surface area contributed by atoms with Gasteiger partial charge in [-0.2, -0.15) is 0 Å². The summed E-state index contributed by atoms with van der Waals surface area (Å²) in [5, 5.41) is 2.55. The van der Waals surface area contributed by atoms with Crippen LogP contribution in [0.3, 0.4) is 0 Å². The summed E-state index contributed by atoms with van der Waals surface area (Å²) in [5.41, 5.74) is 19.0. The molecule has 0 aliphatic heterocycles. The van der Waals surface area contributed by atoms with Gasteiger partial charge in [0.25, 0.3) is 0 Å². The molecule has 0 bridgehead atoms. The lowest BCUT2D eigenvalue weighted by atomic mass is 9.70. The van der Waals surface area contributed by atoms with Gasteiger partial charge in [-0.05, 0) is 134 Å². The molecule has 300 valence electrons. The predicted octanol–water partition coefficient (Wildman–Crippen LogP) is 17.0. The Bertz CT molecular complexity index is 3510. The van der Waals surface area contributed by atoms with Crippen molar-refractivity contribution in [2.75, 3.05) is 9.80 Å². The van der Waals surface area contributed by atoms with Gasteiger partial charge in [0.05, 0.1) is 11.1 Å². The fourth-order valence-corrected chi connectivity index (χ4v) is 11.9. The molecular weight excluding hydrogens is 793 g/mol. The number of para-hydroxylation sites is 2. The van der Waals surface area contributed by atoms with Crippen molar-refractivity contribution in [2.45, 2.75) is 5.41 Å². The normalized spacial score (nSPS) is 14.3. The molecule has 13 rings (SSSR count). The molecular formula is C61H40N2S. The summed E-state index contributed by atoms with van der Waals surface area (Å²) in [6.45, 7) is 0. The molecule has 2 aliphatic carbocycles. The third kappa shape index (κ3) is 5.44. The number of fused-ring (bicyclic) bond motifs is 13. The Morgan fingerprint density at radius 1 is 0.297 bits per heavy atom. The summed E-state index contributed by atoms with van der Waals surface area (Å²) in [7, 11) is 0. The lowest BCUT2D eigenvalue weighted by Crippen LogP contribution is -2.26. The third-order valence-corrected chi connectivity index (χ3v) is 14.6. The van der Waals surface area contributed by atoms with Crippen LogP contribution in [0.25, 0.3) is 53.6 Å². The lowest BCUT2D eigenvalue weighted by Gasteiger charge is -2.33. The molecule has 1 spiro atoms. The fourth-order valence-electron chi connectivity index (χ4n) is 10.8. The Morgan fingerprint density at radius 3 is 1.38 bits per heavy atom. The molecule has 0 saturated heterocycles. The van der Waals surface area contributed by atoms with Crippen LogP contribution in [-0.4, -0.2) is 0 Å². The van der Waals surface area contributed by atoms with Crippen molar-refractivity contribution in [3.63, 3.8) is 0 Å². The minimum atomic E-state index is -0.563. The Morgan fingerprint density at radius 2 is 0.750 bits per heavy atom. The first-order chi connectivity index (χ1) is 31.8. The zero-order chi connectivity index (χ0) is 42.2. The van der Waals surface area contributed by atoms with Crippen LogP contribution in [0.5, 0.6) is 0 Å². The average Bonchev–Trinajstić information content (AvgIpc) is 4.00. The van der Waals surface area contributed by atoms with Gasteiger partial charge >= 0.3 is 0 Å². The van der Waals surface area contributed by atoms with Gasteiger partial charge in [-0.1, -0.05) is 164 Å². The Kier molecular flexibility index (Phi) is 8.34. The Balaban J connectivity index is 1.07. The van der Waals surface area contributed by atoms with Gasteiger partial charge in [-0.3, -0.25) is 0 Å². The summed E-state index contributed by atoms with van der Waals surface area (Å²) >= 11 is 1.86. The second kappa shape index (κ2) is 14.6. The van der Waals surface area contributed by atoms with Gasteiger partial charge in [0, 0.05) is 48.6 Å². The third-order valence-electron chi connectivity index (χ3n) is 13.5. The molecule has 11 aromatic rings. The minimum Gasteiger partial charge on any atom is -0.310 e. The number of anilines is 6. The number of hydrogen-bond acceptors (Lipinski definition) is 3. The van der Waals surface area contributed by atoms with E-state index in [1.807, 2.05) is 11.3 Å². The van der Waals surface area contributed by atoms with Crippen LogP contribution < -0.4 is 9.80 Å². The van der Waals surface area contributed by atoms with E-state index in [0.717, 1.165) is 28.4 Å². The molecule has 1 heterocycles. The summed E-state index contributed by atoms with van der Waals surface area (Å²) in [6, 6.07) is 89.6. The maximum Gasteiger partial charge on any atom is 0.0727 e. The predicted molar refractivity (Wildman–Crippen MR) is 270 cm³/mol. The van der Waals surface area contributed by atoms with E-state index in [1.54, 1.807) is 0 Å². The van der Waals surface area contributed by atoms with Crippen LogP contribution in [0.2, 0.25) is 0 Å². The van der Waals surface area contributed by atoms with Crippen LogP contribution >= 0.6 is 11.3 Å².